The van der Waals surface area contributed by atoms with Gasteiger partial charge < -0.3 is 10.2 Å². The largest absolute Gasteiger partial charge is 0.378 e. The molecule has 1 aromatic rings. The Kier molecular flexibility index (Phi) is 3.82. The van der Waals surface area contributed by atoms with Crippen LogP contribution in [0.1, 0.15) is 13.8 Å². The van der Waals surface area contributed by atoms with Crippen molar-refractivity contribution in [1.82, 2.24) is 4.31 Å². The van der Waals surface area contributed by atoms with Gasteiger partial charge in [0.1, 0.15) is 0 Å². The average Bonchev–Trinajstić information content (AvgIpc) is 2.38. The highest BCUT2D eigenvalue weighted by Gasteiger charge is 2.39. The molecule has 0 atom stereocenters. The number of rotatable bonds is 3. The highest BCUT2D eigenvalue weighted by molar-refractivity contribution is 7.89. The Labute approximate surface area is 113 Å². The Morgan fingerprint density at radius 1 is 1.32 bits per heavy atom. The molecule has 0 spiro atoms. The van der Waals surface area contributed by atoms with Gasteiger partial charge in [-0.05, 0) is 38.1 Å². The van der Waals surface area contributed by atoms with E-state index in [9.17, 15) is 8.42 Å². The summed E-state index contributed by atoms with van der Waals surface area (Å²) in [4.78, 5) is 0.265. The lowest BCUT2D eigenvalue weighted by Crippen LogP contribution is -2.55. The Balaban J connectivity index is 2.35. The summed E-state index contributed by atoms with van der Waals surface area (Å²) >= 11 is 0. The number of hydrogen-bond acceptors (Lipinski definition) is 5. The molecule has 106 valence electrons. The Morgan fingerprint density at radius 3 is 2.47 bits per heavy atom. The molecule has 1 fully saturated rings. The maximum atomic E-state index is 12.6. The number of anilines is 1. The van der Waals surface area contributed by atoms with Crippen molar-refractivity contribution in [3.05, 3.63) is 24.3 Å². The van der Waals surface area contributed by atoms with Crippen molar-refractivity contribution in [2.45, 2.75) is 24.3 Å². The van der Waals surface area contributed by atoms with Crippen molar-refractivity contribution >= 4 is 15.7 Å². The molecule has 0 saturated carbocycles. The van der Waals surface area contributed by atoms with Gasteiger partial charge in [0.25, 0.3) is 0 Å². The summed E-state index contributed by atoms with van der Waals surface area (Å²) < 4.78 is 32.1. The highest BCUT2D eigenvalue weighted by atomic mass is 32.2. The third-order valence-corrected chi connectivity index (χ3v) is 5.30. The Hall–Kier alpha value is -1.15. The molecule has 6 nitrogen and oxygen atoms in total. The first kappa shape index (κ1) is 14.3. The van der Waals surface area contributed by atoms with E-state index in [2.05, 4.69) is 5.43 Å². The van der Waals surface area contributed by atoms with E-state index in [0.717, 1.165) is 0 Å². The number of morpholine rings is 1. The fourth-order valence-corrected chi connectivity index (χ4v) is 3.89. The predicted octanol–water partition coefficient (Wildman–Crippen LogP) is 0.772. The fourth-order valence-electron chi connectivity index (χ4n) is 2.14. The number of hydrazine groups is 1. The van der Waals surface area contributed by atoms with Gasteiger partial charge >= 0.3 is 0 Å². The summed E-state index contributed by atoms with van der Waals surface area (Å²) in [6.45, 7) is 4.91. The van der Waals surface area contributed by atoms with Gasteiger partial charge in [-0.15, -0.1) is 0 Å². The van der Waals surface area contributed by atoms with Gasteiger partial charge in [0.05, 0.1) is 23.6 Å². The number of ether oxygens (including phenoxy) is 1. The molecule has 0 unspecified atom stereocenters. The van der Waals surface area contributed by atoms with Gasteiger partial charge in [0.15, 0.2) is 0 Å². The molecule has 7 heteroatoms. The Morgan fingerprint density at radius 2 is 1.95 bits per heavy atom. The van der Waals surface area contributed by atoms with Crippen molar-refractivity contribution in [1.29, 1.82) is 0 Å². The molecular weight excluding hydrogens is 266 g/mol. The second kappa shape index (κ2) is 5.09. The smallest absolute Gasteiger partial charge is 0.243 e. The lowest BCUT2D eigenvalue weighted by Gasteiger charge is -2.40. The summed E-state index contributed by atoms with van der Waals surface area (Å²) in [5, 5.41) is 0. The number of nitrogens with zero attached hydrogens (tertiary/aromatic N) is 1. The van der Waals surface area contributed by atoms with E-state index >= 15 is 0 Å². The van der Waals surface area contributed by atoms with Gasteiger partial charge in [-0.1, -0.05) is 0 Å². The van der Waals surface area contributed by atoms with Crippen LogP contribution in [0.4, 0.5) is 5.69 Å². The molecule has 0 aliphatic carbocycles. The maximum Gasteiger partial charge on any atom is 0.243 e. The van der Waals surface area contributed by atoms with E-state index in [1.807, 2.05) is 13.8 Å². The standard InChI is InChI=1S/C12H19N3O3S/c1-12(2)9-18-8-7-15(12)19(16,17)11-5-3-10(14-13)4-6-11/h3-6,14H,7-9,13H2,1-2H3. The van der Waals surface area contributed by atoms with E-state index < -0.39 is 15.6 Å². The molecule has 3 N–H and O–H groups in total. The highest BCUT2D eigenvalue weighted by Crippen LogP contribution is 2.27. The van der Waals surface area contributed by atoms with E-state index in [1.165, 1.54) is 4.31 Å². The van der Waals surface area contributed by atoms with Crippen molar-refractivity contribution in [2.75, 3.05) is 25.2 Å². The van der Waals surface area contributed by atoms with Crippen LogP contribution < -0.4 is 11.3 Å². The minimum absolute atomic E-state index is 0.265. The van der Waals surface area contributed by atoms with Gasteiger partial charge in [-0.25, -0.2) is 8.42 Å². The van der Waals surface area contributed by atoms with Crippen LogP contribution >= 0.6 is 0 Å². The molecule has 1 aromatic carbocycles. The third kappa shape index (κ3) is 2.74. The number of sulfonamides is 1. The molecule has 19 heavy (non-hydrogen) atoms. The van der Waals surface area contributed by atoms with Gasteiger partial charge in [0, 0.05) is 12.2 Å². The Bertz CT molecular complexity index is 540. The monoisotopic (exact) mass is 285 g/mol. The van der Waals surface area contributed by atoms with Crippen LogP contribution in [0.15, 0.2) is 29.2 Å². The maximum absolute atomic E-state index is 12.6. The molecule has 0 aromatic heterocycles. The van der Waals surface area contributed by atoms with Crippen molar-refractivity contribution in [2.24, 2.45) is 5.84 Å². The first-order chi connectivity index (χ1) is 8.88. The van der Waals surface area contributed by atoms with E-state index in [-0.39, 0.29) is 4.90 Å². The van der Waals surface area contributed by atoms with Crippen molar-refractivity contribution < 1.29 is 13.2 Å². The van der Waals surface area contributed by atoms with Gasteiger partial charge in [0.2, 0.25) is 10.0 Å². The van der Waals surface area contributed by atoms with Crippen LogP contribution in [-0.2, 0) is 14.8 Å². The van der Waals surface area contributed by atoms with Crippen LogP contribution in [-0.4, -0.2) is 38.0 Å². The van der Waals surface area contributed by atoms with Gasteiger partial charge in [-0.2, -0.15) is 4.31 Å². The first-order valence-electron chi connectivity index (χ1n) is 6.05. The van der Waals surface area contributed by atoms with E-state index in [1.54, 1.807) is 24.3 Å². The zero-order valence-corrected chi connectivity index (χ0v) is 11.9. The van der Waals surface area contributed by atoms with Crippen LogP contribution in [0.5, 0.6) is 0 Å². The summed E-state index contributed by atoms with van der Waals surface area (Å²) in [5.41, 5.74) is 2.60. The number of hydrogen-bond donors (Lipinski definition) is 2. The second-order valence-electron chi connectivity index (χ2n) is 5.11. The molecule has 0 radical (unpaired) electrons. The molecule has 0 amide bonds. The third-order valence-electron chi connectivity index (χ3n) is 3.18. The first-order valence-corrected chi connectivity index (χ1v) is 7.49. The summed E-state index contributed by atoms with van der Waals surface area (Å²) in [7, 11) is -3.51. The van der Waals surface area contributed by atoms with Crippen LogP contribution in [0, 0.1) is 0 Å². The number of nitrogen functional groups attached to an aromatic ring is 1. The molecule has 2 rings (SSSR count). The SMILES string of the molecule is CC1(C)COCCN1S(=O)(=O)c1ccc(NN)cc1. The lowest BCUT2D eigenvalue weighted by atomic mass is 10.1. The number of nitrogens with one attached hydrogen (secondary N) is 1. The molecular formula is C12H19N3O3S. The van der Waals surface area contributed by atoms with Crippen molar-refractivity contribution in [3.63, 3.8) is 0 Å². The fraction of sp³-hybridized carbons (Fsp3) is 0.500. The topological polar surface area (TPSA) is 84.7 Å². The second-order valence-corrected chi connectivity index (χ2v) is 6.97. The number of benzene rings is 1. The van der Waals surface area contributed by atoms with Gasteiger partial charge in [-0.3, -0.25) is 5.84 Å². The van der Waals surface area contributed by atoms with Crippen LogP contribution in [0.25, 0.3) is 0 Å². The normalized spacial score (nSPS) is 20.2. The predicted molar refractivity (Wildman–Crippen MR) is 73.0 cm³/mol. The zero-order valence-electron chi connectivity index (χ0n) is 11.1. The van der Waals surface area contributed by atoms with Crippen LogP contribution in [0.3, 0.4) is 0 Å². The average molecular weight is 285 g/mol. The summed E-state index contributed by atoms with van der Waals surface area (Å²) in [6.07, 6.45) is 0. The van der Waals surface area contributed by atoms with E-state index in [0.29, 0.717) is 25.4 Å². The molecule has 1 aliphatic heterocycles. The molecule has 1 saturated heterocycles. The summed E-state index contributed by atoms with van der Waals surface area (Å²) in [5.74, 6) is 5.27. The summed E-state index contributed by atoms with van der Waals surface area (Å²) in [6, 6.07) is 6.38. The molecule has 1 aliphatic rings. The molecule has 0 bridgehead atoms. The quantitative estimate of drug-likeness (QED) is 0.633. The van der Waals surface area contributed by atoms with E-state index in [4.69, 9.17) is 10.6 Å². The van der Waals surface area contributed by atoms with Crippen molar-refractivity contribution in [3.8, 4) is 0 Å². The minimum Gasteiger partial charge on any atom is -0.378 e. The minimum atomic E-state index is -3.51. The molecule has 1 heterocycles. The number of nitrogens with two attached hydrogens (primary N) is 1. The zero-order chi connectivity index (χ0) is 14.1. The lowest BCUT2D eigenvalue weighted by molar-refractivity contribution is -0.00770. The van der Waals surface area contributed by atoms with Crippen LogP contribution in [0.2, 0.25) is 0 Å².